The van der Waals surface area contributed by atoms with Crippen LogP contribution in [0.2, 0.25) is 0 Å². The summed E-state index contributed by atoms with van der Waals surface area (Å²) in [4.78, 5) is 0. The van der Waals surface area contributed by atoms with Crippen molar-refractivity contribution < 1.29 is 13.2 Å². The highest BCUT2D eigenvalue weighted by Gasteiger charge is 2.34. The van der Waals surface area contributed by atoms with Gasteiger partial charge < -0.3 is 10.5 Å². The Kier molecular flexibility index (Phi) is 5.62. The fraction of sp³-hybridized carbons (Fsp3) is 1.00. The van der Waals surface area contributed by atoms with Crippen molar-refractivity contribution in [1.82, 2.24) is 8.61 Å². The molecule has 0 amide bonds. The van der Waals surface area contributed by atoms with Crippen molar-refractivity contribution in [3.8, 4) is 0 Å². The molecule has 2 saturated heterocycles. The van der Waals surface area contributed by atoms with E-state index in [1.165, 1.54) is 4.31 Å². The lowest BCUT2D eigenvalue weighted by Gasteiger charge is -2.33. The van der Waals surface area contributed by atoms with E-state index < -0.39 is 10.2 Å². The van der Waals surface area contributed by atoms with Crippen molar-refractivity contribution in [3.63, 3.8) is 0 Å². The third kappa shape index (κ3) is 3.30. The van der Waals surface area contributed by atoms with Crippen LogP contribution in [0.4, 0.5) is 0 Å². The number of morpholine rings is 1. The molecule has 2 heterocycles. The van der Waals surface area contributed by atoms with Crippen molar-refractivity contribution in [2.45, 2.75) is 18.9 Å². The molecule has 6 nitrogen and oxygen atoms in total. The Balaban J connectivity index is 0.00000144. The smallest absolute Gasteiger partial charge is 0.282 e. The maximum absolute atomic E-state index is 12.2. The molecule has 0 aliphatic carbocycles. The third-order valence-electron chi connectivity index (χ3n) is 3.08. The zero-order valence-corrected chi connectivity index (χ0v) is 11.4. The fourth-order valence-electron chi connectivity index (χ4n) is 2.13. The van der Waals surface area contributed by atoms with Gasteiger partial charge in [0.1, 0.15) is 0 Å². The van der Waals surface area contributed by atoms with Gasteiger partial charge in [0.2, 0.25) is 0 Å². The molecule has 0 aromatic rings. The number of hydrogen-bond acceptors (Lipinski definition) is 4. The SMILES string of the molecule is Cl.NCC1CN(S(=O)(=O)N2CCCC2)CCO1. The van der Waals surface area contributed by atoms with Crippen LogP contribution < -0.4 is 5.73 Å². The summed E-state index contributed by atoms with van der Waals surface area (Å²) in [5.74, 6) is 0. The van der Waals surface area contributed by atoms with Gasteiger partial charge in [-0.25, -0.2) is 0 Å². The lowest BCUT2D eigenvalue weighted by molar-refractivity contribution is 0.00292. The number of nitrogens with two attached hydrogens (primary N) is 1. The molecule has 2 rings (SSSR count). The second-order valence-electron chi connectivity index (χ2n) is 4.20. The van der Waals surface area contributed by atoms with E-state index in [-0.39, 0.29) is 18.5 Å². The Morgan fingerprint density at radius 1 is 1.18 bits per heavy atom. The van der Waals surface area contributed by atoms with Gasteiger partial charge in [-0.1, -0.05) is 0 Å². The van der Waals surface area contributed by atoms with E-state index in [4.69, 9.17) is 10.5 Å². The predicted octanol–water partition coefficient (Wildman–Crippen LogP) is -0.592. The Hall–Kier alpha value is 0.0800. The summed E-state index contributed by atoms with van der Waals surface area (Å²) >= 11 is 0. The summed E-state index contributed by atoms with van der Waals surface area (Å²) < 4.78 is 32.8. The minimum atomic E-state index is -3.27. The molecule has 1 atom stereocenters. The van der Waals surface area contributed by atoms with E-state index >= 15 is 0 Å². The Morgan fingerprint density at radius 2 is 1.82 bits per heavy atom. The van der Waals surface area contributed by atoms with E-state index in [9.17, 15) is 8.42 Å². The average molecular weight is 286 g/mol. The zero-order chi connectivity index (χ0) is 11.6. The number of halogens is 1. The number of nitrogens with zero attached hydrogens (tertiary/aromatic N) is 2. The molecule has 2 aliphatic rings. The molecule has 2 aliphatic heterocycles. The van der Waals surface area contributed by atoms with Gasteiger partial charge in [0.05, 0.1) is 12.7 Å². The molecule has 0 aromatic heterocycles. The van der Waals surface area contributed by atoms with E-state index in [2.05, 4.69) is 0 Å². The molecule has 0 bridgehead atoms. The Bertz CT molecular complexity index is 332. The number of rotatable bonds is 3. The van der Waals surface area contributed by atoms with Crippen LogP contribution in [0.15, 0.2) is 0 Å². The van der Waals surface area contributed by atoms with Gasteiger partial charge in [-0.3, -0.25) is 0 Å². The lowest BCUT2D eigenvalue weighted by atomic mass is 10.3. The van der Waals surface area contributed by atoms with Gasteiger partial charge in [0.15, 0.2) is 0 Å². The maximum Gasteiger partial charge on any atom is 0.282 e. The molecule has 2 N–H and O–H groups in total. The van der Waals surface area contributed by atoms with Crippen LogP contribution in [0.3, 0.4) is 0 Å². The summed E-state index contributed by atoms with van der Waals surface area (Å²) in [6, 6.07) is 0. The van der Waals surface area contributed by atoms with Crippen molar-refractivity contribution in [1.29, 1.82) is 0 Å². The van der Waals surface area contributed by atoms with E-state index in [0.29, 0.717) is 39.3 Å². The maximum atomic E-state index is 12.2. The normalized spacial score (nSPS) is 27.9. The van der Waals surface area contributed by atoms with Crippen LogP contribution in [-0.2, 0) is 14.9 Å². The fourth-order valence-corrected chi connectivity index (χ4v) is 3.83. The first kappa shape index (κ1) is 15.1. The van der Waals surface area contributed by atoms with Crippen molar-refractivity contribution in [2.75, 3.05) is 39.3 Å². The molecule has 8 heteroatoms. The Morgan fingerprint density at radius 3 is 2.41 bits per heavy atom. The van der Waals surface area contributed by atoms with Gasteiger partial charge in [-0.15, -0.1) is 12.4 Å². The van der Waals surface area contributed by atoms with Crippen molar-refractivity contribution >= 4 is 22.6 Å². The van der Waals surface area contributed by atoms with Gasteiger partial charge in [0.25, 0.3) is 10.2 Å². The molecule has 102 valence electrons. The summed E-state index contributed by atoms with van der Waals surface area (Å²) in [6.07, 6.45) is 1.76. The largest absolute Gasteiger partial charge is 0.374 e. The second kappa shape index (κ2) is 6.31. The van der Waals surface area contributed by atoms with E-state index in [1.54, 1.807) is 4.31 Å². The molecule has 0 spiro atoms. The number of ether oxygens (including phenoxy) is 1. The standard InChI is InChI=1S/C9H19N3O3S.ClH/c10-7-9-8-12(5-6-15-9)16(13,14)11-3-1-2-4-11;/h9H,1-8,10H2;1H. The van der Waals surface area contributed by atoms with Crippen LogP contribution in [0.25, 0.3) is 0 Å². The quantitative estimate of drug-likeness (QED) is 0.752. The van der Waals surface area contributed by atoms with Crippen LogP contribution in [0.1, 0.15) is 12.8 Å². The molecular weight excluding hydrogens is 266 g/mol. The van der Waals surface area contributed by atoms with Crippen LogP contribution in [0.5, 0.6) is 0 Å². The average Bonchev–Trinajstić information content (AvgIpc) is 2.83. The van der Waals surface area contributed by atoms with Crippen LogP contribution >= 0.6 is 12.4 Å². The minimum Gasteiger partial charge on any atom is -0.374 e. The highest BCUT2D eigenvalue weighted by atomic mass is 35.5. The zero-order valence-electron chi connectivity index (χ0n) is 9.75. The second-order valence-corrected chi connectivity index (χ2v) is 6.13. The monoisotopic (exact) mass is 285 g/mol. The van der Waals surface area contributed by atoms with Crippen LogP contribution in [0, 0.1) is 0 Å². The summed E-state index contributed by atoms with van der Waals surface area (Å²) in [5, 5.41) is 0. The first-order valence-electron chi connectivity index (χ1n) is 5.71. The molecule has 0 radical (unpaired) electrons. The topological polar surface area (TPSA) is 75.9 Å². The predicted molar refractivity (Wildman–Crippen MR) is 67.3 cm³/mol. The molecule has 0 aromatic carbocycles. The molecule has 1 unspecified atom stereocenters. The molecule has 2 fully saturated rings. The first-order valence-corrected chi connectivity index (χ1v) is 7.11. The number of hydrogen-bond donors (Lipinski definition) is 1. The van der Waals surface area contributed by atoms with Crippen LogP contribution in [-0.4, -0.2) is 62.5 Å². The third-order valence-corrected chi connectivity index (χ3v) is 5.08. The van der Waals surface area contributed by atoms with Crippen molar-refractivity contribution in [3.05, 3.63) is 0 Å². The van der Waals surface area contributed by atoms with Crippen molar-refractivity contribution in [2.24, 2.45) is 5.73 Å². The van der Waals surface area contributed by atoms with E-state index in [0.717, 1.165) is 12.8 Å². The van der Waals surface area contributed by atoms with Gasteiger partial charge in [-0.2, -0.15) is 17.0 Å². The molecule has 17 heavy (non-hydrogen) atoms. The summed E-state index contributed by atoms with van der Waals surface area (Å²) in [5.41, 5.74) is 5.50. The lowest BCUT2D eigenvalue weighted by Crippen LogP contribution is -2.52. The van der Waals surface area contributed by atoms with E-state index in [1.807, 2.05) is 0 Å². The molecular formula is C9H20ClN3O3S. The molecule has 0 saturated carbocycles. The highest BCUT2D eigenvalue weighted by molar-refractivity contribution is 7.86. The minimum absolute atomic E-state index is 0. The first-order chi connectivity index (χ1) is 7.64. The summed E-state index contributed by atoms with van der Waals surface area (Å²) in [7, 11) is -3.27. The van der Waals surface area contributed by atoms with Gasteiger partial charge in [0, 0.05) is 32.7 Å². The highest BCUT2D eigenvalue weighted by Crippen LogP contribution is 2.18. The summed E-state index contributed by atoms with van der Waals surface area (Å²) in [6.45, 7) is 2.92. The van der Waals surface area contributed by atoms with Gasteiger partial charge in [-0.05, 0) is 12.8 Å². The Labute approximate surface area is 109 Å². The van der Waals surface area contributed by atoms with Gasteiger partial charge >= 0.3 is 0 Å².